The van der Waals surface area contributed by atoms with Crippen LogP contribution >= 0.6 is 7.82 Å². The summed E-state index contributed by atoms with van der Waals surface area (Å²) in [5.41, 5.74) is 0.0648. The van der Waals surface area contributed by atoms with Crippen LogP contribution in [0.4, 0.5) is 0 Å². The second kappa shape index (κ2) is 8.61. The van der Waals surface area contributed by atoms with Gasteiger partial charge in [-0.2, -0.15) is 0 Å². The van der Waals surface area contributed by atoms with Gasteiger partial charge in [-0.05, 0) is 13.3 Å². The van der Waals surface area contributed by atoms with E-state index in [1.165, 1.54) is 6.92 Å². The molecule has 0 amide bonds. The van der Waals surface area contributed by atoms with Gasteiger partial charge in [-0.1, -0.05) is 19.9 Å². The van der Waals surface area contributed by atoms with Gasteiger partial charge < -0.3 is 9.79 Å². The largest absolute Gasteiger partial charge is 0.469 e. The van der Waals surface area contributed by atoms with Crippen molar-refractivity contribution >= 4 is 13.8 Å². The van der Waals surface area contributed by atoms with E-state index in [4.69, 9.17) is 9.79 Å². The lowest BCUT2D eigenvalue weighted by atomic mass is 10.4. The molecule has 0 bridgehead atoms. The molecule has 7 heteroatoms. The molecule has 0 saturated heterocycles. The molecule has 0 aromatic rings. The van der Waals surface area contributed by atoms with Gasteiger partial charge in [0.15, 0.2) is 0 Å². The molecule has 15 heavy (non-hydrogen) atoms. The van der Waals surface area contributed by atoms with Crippen LogP contribution < -0.4 is 0 Å². The molecule has 0 saturated carbocycles. The Kier molecular flexibility index (Phi) is 9.61. The standard InChI is InChI=1S/C4H11O4P.C4H5O2/c1-2-3-4-8-9(5,6)7;1-3(2)4(5)6/h2-4H2,1H3,(H2,5,6,7);1H2,2H3. The van der Waals surface area contributed by atoms with Gasteiger partial charge in [-0.15, -0.1) is 0 Å². The fraction of sp³-hybridized carbons (Fsp3) is 0.625. The summed E-state index contributed by atoms with van der Waals surface area (Å²) in [4.78, 5) is 25.8. The van der Waals surface area contributed by atoms with Gasteiger partial charge in [0.05, 0.1) is 6.61 Å². The summed E-state index contributed by atoms with van der Waals surface area (Å²) >= 11 is 0. The average Bonchev–Trinajstić information content (AvgIpc) is 2.03. The highest BCUT2D eigenvalue weighted by atomic mass is 31.2. The van der Waals surface area contributed by atoms with Gasteiger partial charge in [-0.25, -0.2) is 14.5 Å². The number of carbonyl (C=O) groups is 1. The van der Waals surface area contributed by atoms with E-state index in [9.17, 15) is 14.5 Å². The van der Waals surface area contributed by atoms with Crippen molar-refractivity contribution in [3.8, 4) is 0 Å². The molecule has 1 radical (unpaired) electrons. The molecule has 0 aliphatic heterocycles. The lowest BCUT2D eigenvalue weighted by Gasteiger charge is -2.02. The molecule has 0 unspecified atom stereocenters. The number of hydrogen-bond donors (Lipinski definition) is 2. The highest BCUT2D eigenvalue weighted by Crippen LogP contribution is 2.35. The molecule has 2 N–H and O–H groups in total. The summed E-state index contributed by atoms with van der Waals surface area (Å²) in [6.07, 6.45) is 1.56. The van der Waals surface area contributed by atoms with Gasteiger partial charge in [0.25, 0.3) is 0 Å². The smallest absolute Gasteiger partial charge is 0.303 e. The Labute approximate surface area is 88.8 Å². The average molecular weight is 239 g/mol. The van der Waals surface area contributed by atoms with Crippen LogP contribution in [0.3, 0.4) is 0 Å². The summed E-state index contributed by atoms with van der Waals surface area (Å²) in [7, 11) is -4.20. The monoisotopic (exact) mass is 239 g/mol. The zero-order valence-electron chi connectivity index (χ0n) is 8.80. The van der Waals surface area contributed by atoms with Crippen LogP contribution in [0.15, 0.2) is 12.2 Å². The van der Waals surface area contributed by atoms with Crippen LogP contribution in [0.2, 0.25) is 0 Å². The molecule has 6 nitrogen and oxygen atoms in total. The summed E-state index contributed by atoms with van der Waals surface area (Å²) in [5, 5.41) is 9.49. The van der Waals surface area contributed by atoms with Gasteiger partial charge in [0.1, 0.15) is 0 Å². The van der Waals surface area contributed by atoms with Gasteiger partial charge in [-0.3, -0.25) is 4.52 Å². The Morgan fingerprint density at radius 3 is 2.07 bits per heavy atom. The predicted octanol–water partition coefficient (Wildman–Crippen LogP) is 1.42. The quantitative estimate of drug-likeness (QED) is 0.429. The highest BCUT2D eigenvalue weighted by molar-refractivity contribution is 7.46. The molecule has 0 aromatic heterocycles. The topological polar surface area (TPSA) is 104 Å². The lowest BCUT2D eigenvalue weighted by Crippen LogP contribution is -1.90. The Balaban J connectivity index is 0. The number of phosphoric acid groups is 1. The zero-order chi connectivity index (χ0) is 12.5. The second-order valence-corrected chi connectivity index (χ2v) is 3.98. The van der Waals surface area contributed by atoms with Crippen LogP contribution in [-0.2, 0) is 19.0 Å². The van der Waals surface area contributed by atoms with Crippen molar-refractivity contribution in [3.05, 3.63) is 12.2 Å². The molecule has 0 aliphatic carbocycles. The fourth-order valence-electron chi connectivity index (χ4n) is 0.328. The van der Waals surface area contributed by atoms with Gasteiger partial charge in [0.2, 0.25) is 0 Å². The second-order valence-electron chi connectivity index (χ2n) is 2.75. The third-order valence-electron chi connectivity index (χ3n) is 1.11. The Hall–Kier alpha value is -0.680. The van der Waals surface area contributed by atoms with Crippen molar-refractivity contribution < 1.29 is 28.8 Å². The molecule has 0 aliphatic rings. The summed E-state index contributed by atoms with van der Waals surface area (Å²) in [6, 6.07) is 0. The first-order valence-electron chi connectivity index (χ1n) is 4.27. The van der Waals surface area contributed by atoms with Crippen LogP contribution in [0.5, 0.6) is 0 Å². The van der Waals surface area contributed by atoms with Crippen molar-refractivity contribution in [2.75, 3.05) is 6.61 Å². The first-order valence-corrected chi connectivity index (χ1v) is 5.80. The van der Waals surface area contributed by atoms with Crippen LogP contribution in [0.25, 0.3) is 0 Å². The van der Waals surface area contributed by atoms with E-state index in [0.29, 0.717) is 6.42 Å². The molecule has 0 fully saturated rings. The fourth-order valence-corrected chi connectivity index (χ4v) is 0.695. The van der Waals surface area contributed by atoms with E-state index in [-0.39, 0.29) is 12.2 Å². The number of hydrogen-bond acceptors (Lipinski definition) is 3. The minimum atomic E-state index is -4.20. The number of phosphoric ester groups is 1. The van der Waals surface area contributed by atoms with Crippen LogP contribution in [0.1, 0.15) is 26.7 Å². The van der Waals surface area contributed by atoms with E-state index in [1.54, 1.807) is 0 Å². The van der Waals surface area contributed by atoms with Crippen molar-refractivity contribution in [2.24, 2.45) is 0 Å². The van der Waals surface area contributed by atoms with Crippen molar-refractivity contribution in [2.45, 2.75) is 26.7 Å². The molecule has 0 spiro atoms. The molecule has 0 heterocycles. The van der Waals surface area contributed by atoms with Gasteiger partial charge >= 0.3 is 13.8 Å². The van der Waals surface area contributed by atoms with Gasteiger partial charge in [0, 0.05) is 5.57 Å². The molecular formula is C8H16O6P. The first kappa shape index (κ1) is 16.7. The summed E-state index contributed by atoms with van der Waals surface area (Å²) in [5.74, 6) is -1.19. The highest BCUT2D eigenvalue weighted by Gasteiger charge is 2.11. The van der Waals surface area contributed by atoms with E-state index >= 15 is 0 Å². The van der Waals surface area contributed by atoms with E-state index in [1.807, 2.05) is 6.92 Å². The molecule has 0 rings (SSSR count). The Morgan fingerprint density at radius 2 is 1.87 bits per heavy atom. The van der Waals surface area contributed by atoms with Crippen molar-refractivity contribution in [1.29, 1.82) is 0 Å². The molecule has 89 valence electrons. The minimum absolute atomic E-state index is 0.0648. The minimum Gasteiger partial charge on any atom is -0.303 e. The SMILES string of the molecule is C=C(C)C([O])=O.CCCCOP(=O)(O)O. The molecular weight excluding hydrogens is 223 g/mol. The molecule has 0 atom stereocenters. The van der Waals surface area contributed by atoms with E-state index in [0.717, 1.165) is 6.42 Å². The van der Waals surface area contributed by atoms with E-state index in [2.05, 4.69) is 11.1 Å². The maximum atomic E-state index is 9.98. The Morgan fingerprint density at radius 1 is 1.47 bits per heavy atom. The number of carbonyl (C=O) groups excluding carboxylic acids is 1. The van der Waals surface area contributed by atoms with Crippen LogP contribution in [0, 0.1) is 0 Å². The molecule has 0 aromatic carbocycles. The first-order chi connectivity index (χ1) is 6.70. The third kappa shape index (κ3) is 19.7. The number of unbranched alkanes of at least 4 members (excludes halogenated alkanes) is 1. The summed E-state index contributed by atoms with van der Waals surface area (Å²) in [6.45, 7) is 6.54. The zero-order valence-corrected chi connectivity index (χ0v) is 9.70. The Bertz CT molecular complexity index is 232. The summed E-state index contributed by atoms with van der Waals surface area (Å²) < 4.78 is 14.1. The van der Waals surface area contributed by atoms with Crippen molar-refractivity contribution in [3.63, 3.8) is 0 Å². The maximum Gasteiger partial charge on any atom is 0.469 e. The van der Waals surface area contributed by atoms with Crippen molar-refractivity contribution in [1.82, 2.24) is 0 Å². The van der Waals surface area contributed by atoms with Crippen LogP contribution in [-0.4, -0.2) is 22.4 Å². The lowest BCUT2D eigenvalue weighted by molar-refractivity contribution is -0.138. The predicted molar refractivity (Wildman–Crippen MR) is 53.4 cm³/mol. The normalized spacial score (nSPS) is 10.1. The third-order valence-corrected chi connectivity index (χ3v) is 1.62. The maximum absolute atomic E-state index is 9.98. The number of rotatable bonds is 5. The van der Waals surface area contributed by atoms with E-state index < -0.39 is 13.8 Å².